The minimum Gasteiger partial charge on any atom is -0.0991 e. The predicted molar refractivity (Wildman–Crippen MR) is 57.5 cm³/mol. The second-order valence-electron chi connectivity index (χ2n) is 3.19. The van der Waals surface area contributed by atoms with Gasteiger partial charge in [0.2, 0.25) is 0 Å². The van der Waals surface area contributed by atoms with E-state index in [4.69, 9.17) is 0 Å². The van der Waals surface area contributed by atoms with Crippen LogP contribution in [0.15, 0.2) is 54.6 Å². The number of rotatable bonds is 2. The molecule has 0 N–H and O–H groups in total. The molecule has 0 aliphatic heterocycles. The summed E-state index contributed by atoms with van der Waals surface area (Å²) >= 11 is 0. The average molecular weight is 168 g/mol. The summed E-state index contributed by atoms with van der Waals surface area (Å²) in [6, 6.07) is 8.51. The van der Waals surface area contributed by atoms with E-state index in [-0.39, 0.29) is 0 Å². The molecule has 0 atom stereocenters. The normalized spacial score (nSPS) is 14.3. The lowest BCUT2D eigenvalue weighted by Gasteiger charge is -1.94. The summed E-state index contributed by atoms with van der Waals surface area (Å²) in [6.07, 6.45) is 9.20. The Balaban J connectivity index is 2.26. The number of benzene rings is 1. The molecule has 1 aliphatic rings. The molecule has 0 heterocycles. The minimum absolute atomic E-state index is 1.06. The summed E-state index contributed by atoms with van der Waals surface area (Å²) in [5.74, 6) is 0. The third-order valence-corrected chi connectivity index (χ3v) is 2.24. The Morgan fingerprint density at radius 1 is 1.23 bits per heavy atom. The highest BCUT2D eigenvalue weighted by molar-refractivity contribution is 5.66. The van der Waals surface area contributed by atoms with Crippen molar-refractivity contribution < 1.29 is 0 Å². The Morgan fingerprint density at radius 3 is 2.85 bits per heavy atom. The first-order valence-corrected chi connectivity index (χ1v) is 4.48. The highest BCUT2D eigenvalue weighted by atomic mass is 14.1. The molecule has 2 rings (SSSR count). The maximum absolute atomic E-state index is 3.66. The lowest BCUT2D eigenvalue weighted by atomic mass is 10.1. The van der Waals surface area contributed by atoms with Gasteiger partial charge >= 0.3 is 0 Å². The first kappa shape index (κ1) is 8.06. The van der Waals surface area contributed by atoms with E-state index in [9.17, 15) is 0 Å². The summed E-state index contributed by atoms with van der Waals surface area (Å²) < 4.78 is 0. The minimum atomic E-state index is 1.06. The topological polar surface area (TPSA) is 0 Å². The van der Waals surface area contributed by atoms with E-state index < -0.39 is 0 Å². The molecule has 0 fully saturated rings. The van der Waals surface area contributed by atoms with Crippen LogP contribution < -0.4 is 0 Å². The van der Waals surface area contributed by atoms with E-state index in [1.807, 2.05) is 12.2 Å². The maximum Gasteiger partial charge on any atom is -0.00196 e. The van der Waals surface area contributed by atoms with Crippen molar-refractivity contribution in [2.75, 3.05) is 0 Å². The summed E-state index contributed by atoms with van der Waals surface area (Å²) in [5.41, 5.74) is 4.14. The lowest BCUT2D eigenvalue weighted by Crippen LogP contribution is -1.80. The first-order chi connectivity index (χ1) is 6.40. The molecule has 0 spiro atoms. The highest BCUT2D eigenvalue weighted by Crippen LogP contribution is 2.24. The maximum atomic E-state index is 3.66. The first-order valence-electron chi connectivity index (χ1n) is 4.48. The van der Waals surface area contributed by atoms with Gasteiger partial charge < -0.3 is 0 Å². The molecule has 0 radical (unpaired) electrons. The summed E-state index contributed by atoms with van der Waals surface area (Å²) in [4.78, 5) is 0. The van der Waals surface area contributed by atoms with Crippen LogP contribution in [0.4, 0.5) is 0 Å². The van der Waals surface area contributed by atoms with Crippen molar-refractivity contribution >= 4 is 6.08 Å². The lowest BCUT2D eigenvalue weighted by molar-refractivity contribution is 1.25. The molecule has 1 aromatic rings. The fourth-order valence-electron chi connectivity index (χ4n) is 1.61. The molecule has 1 aromatic carbocycles. The highest BCUT2D eigenvalue weighted by Gasteiger charge is 2.08. The van der Waals surface area contributed by atoms with Crippen LogP contribution in [0.3, 0.4) is 0 Å². The van der Waals surface area contributed by atoms with Crippen LogP contribution in [-0.2, 0) is 6.42 Å². The van der Waals surface area contributed by atoms with Crippen molar-refractivity contribution in [2.45, 2.75) is 6.42 Å². The third-order valence-electron chi connectivity index (χ3n) is 2.24. The molecule has 0 aromatic heterocycles. The van der Waals surface area contributed by atoms with Crippen LogP contribution in [0.25, 0.3) is 6.08 Å². The van der Waals surface area contributed by atoms with Gasteiger partial charge in [0, 0.05) is 0 Å². The number of hydrogen-bond donors (Lipinski definition) is 0. The van der Waals surface area contributed by atoms with E-state index in [0.717, 1.165) is 6.42 Å². The molecular weight excluding hydrogens is 156 g/mol. The average Bonchev–Trinajstić information content (AvgIpc) is 2.57. The van der Waals surface area contributed by atoms with Crippen LogP contribution in [0.2, 0.25) is 0 Å². The van der Waals surface area contributed by atoms with Gasteiger partial charge in [-0.25, -0.2) is 0 Å². The Kier molecular flexibility index (Phi) is 2.13. The quantitative estimate of drug-likeness (QED) is 0.594. The van der Waals surface area contributed by atoms with Crippen LogP contribution >= 0.6 is 0 Å². The van der Waals surface area contributed by atoms with Crippen LogP contribution in [-0.4, -0.2) is 0 Å². The fraction of sp³-hybridized carbons (Fsp3) is 0.0769. The predicted octanol–water partition coefficient (Wildman–Crippen LogP) is 3.37. The van der Waals surface area contributed by atoms with Gasteiger partial charge in [0.25, 0.3) is 0 Å². The SMILES string of the molecule is C=C/C=C/C1=Cc2ccccc2C1. The Bertz CT molecular complexity index is 381. The van der Waals surface area contributed by atoms with Gasteiger partial charge in [-0.2, -0.15) is 0 Å². The summed E-state index contributed by atoms with van der Waals surface area (Å²) in [6.45, 7) is 3.66. The largest absolute Gasteiger partial charge is 0.0991 e. The van der Waals surface area contributed by atoms with E-state index in [1.165, 1.54) is 16.7 Å². The van der Waals surface area contributed by atoms with Gasteiger partial charge in [-0.1, -0.05) is 55.1 Å². The van der Waals surface area contributed by atoms with Gasteiger partial charge in [0.05, 0.1) is 0 Å². The van der Waals surface area contributed by atoms with Crippen LogP contribution in [0.5, 0.6) is 0 Å². The molecule has 0 amide bonds. The monoisotopic (exact) mass is 168 g/mol. The Morgan fingerprint density at radius 2 is 2.08 bits per heavy atom. The second-order valence-corrected chi connectivity index (χ2v) is 3.19. The van der Waals surface area contributed by atoms with Gasteiger partial charge in [0.1, 0.15) is 0 Å². The number of allylic oxidation sites excluding steroid dienone is 4. The van der Waals surface area contributed by atoms with Crippen molar-refractivity contribution in [1.82, 2.24) is 0 Å². The van der Waals surface area contributed by atoms with Crippen molar-refractivity contribution in [3.05, 3.63) is 65.8 Å². The van der Waals surface area contributed by atoms with Crippen molar-refractivity contribution in [3.63, 3.8) is 0 Å². The van der Waals surface area contributed by atoms with E-state index >= 15 is 0 Å². The zero-order valence-electron chi connectivity index (χ0n) is 7.53. The zero-order valence-corrected chi connectivity index (χ0v) is 7.53. The summed E-state index contributed by atoms with van der Waals surface area (Å²) in [5, 5.41) is 0. The Labute approximate surface area is 78.9 Å². The number of fused-ring (bicyclic) bond motifs is 1. The van der Waals surface area contributed by atoms with Gasteiger partial charge in [-0.05, 0) is 23.1 Å². The van der Waals surface area contributed by atoms with E-state index in [1.54, 1.807) is 0 Å². The number of hydrogen-bond acceptors (Lipinski definition) is 0. The molecule has 13 heavy (non-hydrogen) atoms. The van der Waals surface area contributed by atoms with Gasteiger partial charge in [-0.15, -0.1) is 0 Å². The smallest absolute Gasteiger partial charge is 0.00196 e. The standard InChI is InChI=1S/C13H12/c1-2-3-6-11-9-12-7-4-5-8-13(12)10-11/h2-9H,1,10H2/b6-3+. The molecule has 0 nitrogen and oxygen atoms in total. The molecule has 0 unspecified atom stereocenters. The van der Waals surface area contributed by atoms with Crippen molar-refractivity contribution in [3.8, 4) is 0 Å². The molecule has 0 bridgehead atoms. The van der Waals surface area contributed by atoms with Crippen LogP contribution in [0.1, 0.15) is 11.1 Å². The Hall–Kier alpha value is -1.56. The second kappa shape index (κ2) is 3.44. The van der Waals surface area contributed by atoms with Gasteiger partial charge in [-0.3, -0.25) is 0 Å². The van der Waals surface area contributed by atoms with Crippen LogP contribution in [0, 0.1) is 0 Å². The molecule has 0 saturated heterocycles. The zero-order chi connectivity index (χ0) is 9.10. The van der Waals surface area contributed by atoms with E-state index in [0.29, 0.717) is 0 Å². The summed E-state index contributed by atoms with van der Waals surface area (Å²) in [7, 11) is 0. The third kappa shape index (κ3) is 1.62. The molecular formula is C13H12. The molecule has 0 saturated carbocycles. The fourth-order valence-corrected chi connectivity index (χ4v) is 1.61. The van der Waals surface area contributed by atoms with Crippen molar-refractivity contribution in [2.24, 2.45) is 0 Å². The molecule has 0 heteroatoms. The van der Waals surface area contributed by atoms with Gasteiger partial charge in [0.15, 0.2) is 0 Å². The van der Waals surface area contributed by atoms with E-state index in [2.05, 4.69) is 43.0 Å². The molecule has 1 aliphatic carbocycles. The van der Waals surface area contributed by atoms with Crippen molar-refractivity contribution in [1.29, 1.82) is 0 Å². The molecule has 64 valence electrons.